The quantitative estimate of drug-likeness (QED) is 0.249. The average Bonchev–Trinajstić information content (AvgIpc) is 2.81. The van der Waals surface area contributed by atoms with E-state index in [1.165, 1.54) is 11.1 Å². The van der Waals surface area contributed by atoms with E-state index < -0.39 is 36.7 Å². The van der Waals surface area contributed by atoms with Crippen LogP contribution < -0.4 is 10.6 Å². The Bertz CT molecular complexity index is 527. The van der Waals surface area contributed by atoms with E-state index in [1.807, 2.05) is 19.9 Å². The van der Waals surface area contributed by atoms with Crippen molar-refractivity contribution in [1.82, 2.24) is 15.5 Å². The molecule has 0 spiro atoms. The third-order valence-electron chi connectivity index (χ3n) is 3.88. The van der Waals surface area contributed by atoms with Crippen molar-refractivity contribution in [3.05, 3.63) is 23.4 Å². The van der Waals surface area contributed by atoms with Crippen LogP contribution in [-0.4, -0.2) is 70.8 Å². The van der Waals surface area contributed by atoms with Crippen molar-refractivity contribution in [3.8, 4) is 0 Å². The van der Waals surface area contributed by atoms with E-state index in [0.717, 1.165) is 5.57 Å². The first-order valence-corrected chi connectivity index (χ1v) is 8.26. The number of rotatable bonds is 6. The molecular formula is C15H24FN3O4S. The molecule has 24 heavy (non-hydrogen) atoms. The van der Waals surface area contributed by atoms with Gasteiger partial charge in [-0.25, -0.2) is 4.39 Å². The zero-order valence-electron chi connectivity index (χ0n) is 13.6. The lowest BCUT2D eigenvalue weighted by atomic mass is 10.1. The third-order valence-corrected chi connectivity index (χ3v) is 4.27. The number of aliphatic hydroxyl groups is 2. The van der Waals surface area contributed by atoms with Crippen molar-refractivity contribution in [2.75, 3.05) is 19.7 Å². The van der Waals surface area contributed by atoms with Crippen LogP contribution in [0.4, 0.5) is 4.39 Å². The van der Waals surface area contributed by atoms with E-state index in [2.05, 4.69) is 23.3 Å². The molecule has 5 atom stereocenters. The Kier molecular flexibility index (Phi) is 6.64. The summed E-state index contributed by atoms with van der Waals surface area (Å²) in [5, 5.41) is 24.6. The number of thiol groups is 1. The number of aliphatic hydroxyl groups excluding tert-OH is 2. The predicted molar refractivity (Wildman–Crippen MR) is 89.8 cm³/mol. The van der Waals surface area contributed by atoms with Gasteiger partial charge in [0.1, 0.15) is 17.7 Å². The Morgan fingerprint density at radius 1 is 1.58 bits per heavy atom. The van der Waals surface area contributed by atoms with E-state index in [-0.39, 0.29) is 5.91 Å². The number of nitrogens with one attached hydrogen (secondary N) is 2. The molecule has 2 rings (SSSR count). The molecule has 4 N–H and O–H groups in total. The molecule has 2 aliphatic rings. The molecule has 2 heterocycles. The van der Waals surface area contributed by atoms with Gasteiger partial charge in [-0.2, -0.15) is 0 Å². The molecule has 0 aromatic heterocycles. The summed E-state index contributed by atoms with van der Waals surface area (Å²) in [5.74, 6) is -0.302. The van der Waals surface area contributed by atoms with Crippen molar-refractivity contribution in [1.29, 1.82) is 0 Å². The first kappa shape index (κ1) is 19.2. The summed E-state index contributed by atoms with van der Waals surface area (Å²) in [6, 6.07) is 0. The van der Waals surface area contributed by atoms with Crippen LogP contribution in [0.2, 0.25) is 0 Å². The molecule has 0 aromatic carbocycles. The van der Waals surface area contributed by atoms with Crippen molar-refractivity contribution < 1.29 is 24.1 Å². The van der Waals surface area contributed by atoms with Crippen molar-refractivity contribution in [3.63, 3.8) is 0 Å². The Balaban J connectivity index is 2.08. The predicted octanol–water partition coefficient (Wildman–Crippen LogP) is -0.513. The highest BCUT2D eigenvalue weighted by Crippen LogP contribution is 2.30. The molecule has 0 radical (unpaired) electrons. The number of carbonyl (C=O) groups excluding carboxylic acids is 1. The summed E-state index contributed by atoms with van der Waals surface area (Å²) in [4.78, 5) is 13.4. The third kappa shape index (κ3) is 4.28. The lowest BCUT2D eigenvalue weighted by Crippen LogP contribution is -2.54. The van der Waals surface area contributed by atoms with Gasteiger partial charge in [0.25, 0.3) is 5.91 Å². The maximum atomic E-state index is 14.3. The summed E-state index contributed by atoms with van der Waals surface area (Å²) in [5.41, 5.74) is 0.775. The molecule has 7 nitrogen and oxygen atoms in total. The highest BCUT2D eigenvalue weighted by molar-refractivity contribution is 7.80. The second kappa shape index (κ2) is 8.30. The Morgan fingerprint density at radius 2 is 2.29 bits per heavy atom. The molecule has 136 valence electrons. The second-order valence-corrected chi connectivity index (χ2v) is 6.53. The molecule has 9 heteroatoms. The van der Waals surface area contributed by atoms with Gasteiger partial charge < -0.3 is 30.5 Å². The standard InChI is InChI=1S/C15H24FN3O4S/c1-8(2)3-4-17-5-9-6-19(15(24)18-13(9)22)14-11(16)12(21)10(7-20)23-14/h3,6,10-12,14-15,17,20-21,24H,4-5,7H2,1-2H3,(H,18,22)/t10-,11+,12+,14-,15?/m1/s1. The summed E-state index contributed by atoms with van der Waals surface area (Å²) in [6.07, 6.45) is -1.81. The van der Waals surface area contributed by atoms with Crippen LogP contribution >= 0.6 is 12.6 Å². The number of alkyl halides is 1. The SMILES string of the molecule is CC(C)=CCNCC1=CN([C@@H]2O[C@H](CO)[C@H](O)[C@@H]2F)C(S)NC1=O. The summed E-state index contributed by atoms with van der Waals surface area (Å²) in [6.45, 7) is 4.36. The van der Waals surface area contributed by atoms with Crippen LogP contribution in [0, 0.1) is 0 Å². The minimum Gasteiger partial charge on any atom is -0.394 e. The molecule has 1 unspecified atom stereocenters. The normalized spacial score (nSPS) is 33.2. The minimum absolute atomic E-state index is 0.294. The number of allylic oxidation sites excluding steroid dienone is 1. The summed E-state index contributed by atoms with van der Waals surface area (Å²) < 4.78 is 19.6. The Labute approximate surface area is 146 Å². The minimum atomic E-state index is -1.72. The maximum absolute atomic E-state index is 14.3. The highest BCUT2D eigenvalue weighted by atomic mass is 32.1. The molecule has 0 bridgehead atoms. The number of amides is 1. The van der Waals surface area contributed by atoms with Crippen LogP contribution in [0.1, 0.15) is 13.8 Å². The van der Waals surface area contributed by atoms with E-state index in [9.17, 15) is 14.3 Å². The highest BCUT2D eigenvalue weighted by Gasteiger charge is 2.48. The fourth-order valence-electron chi connectivity index (χ4n) is 2.51. The van der Waals surface area contributed by atoms with E-state index in [1.54, 1.807) is 0 Å². The molecule has 0 aromatic rings. The monoisotopic (exact) mass is 361 g/mol. The Morgan fingerprint density at radius 3 is 2.88 bits per heavy atom. The maximum Gasteiger partial charge on any atom is 0.252 e. The summed E-state index contributed by atoms with van der Waals surface area (Å²) in [7, 11) is 0. The van der Waals surface area contributed by atoms with E-state index >= 15 is 0 Å². The average molecular weight is 361 g/mol. The number of ether oxygens (including phenoxy) is 1. The van der Waals surface area contributed by atoms with Crippen LogP contribution in [0.25, 0.3) is 0 Å². The van der Waals surface area contributed by atoms with Crippen LogP contribution in [0.3, 0.4) is 0 Å². The molecule has 1 fully saturated rings. The summed E-state index contributed by atoms with van der Waals surface area (Å²) >= 11 is 4.23. The fourth-order valence-corrected chi connectivity index (χ4v) is 2.82. The van der Waals surface area contributed by atoms with Gasteiger partial charge in [0, 0.05) is 24.9 Å². The Hall–Kier alpha value is -1.13. The van der Waals surface area contributed by atoms with Gasteiger partial charge >= 0.3 is 0 Å². The van der Waals surface area contributed by atoms with Gasteiger partial charge in [-0.1, -0.05) is 11.6 Å². The molecule has 1 saturated heterocycles. The van der Waals surface area contributed by atoms with Crippen LogP contribution in [-0.2, 0) is 9.53 Å². The molecule has 0 saturated carbocycles. The van der Waals surface area contributed by atoms with E-state index in [0.29, 0.717) is 18.7 Å². The number of hydrogen-bond acceptors (Lipinski definition) is 7. The number of halogens is 1. The molecule has 0 aliphatic carbocycles. The van der Waals surface area contributed by atoms with Gasteiger partial charge in [0.2, 0.25) is 0 Å². The van der Waals surface area contributed by atoms with Gasteiger partial charge in [-0.05, 0) is 13.8 Å². The van der Waals surface area contributed by atoms with Crippen LogP contribution in [0.5, 0.6) is 0 Å². The van der Waals surface area contributed by atoms with Crippen molar-refractivity contribution >= 4 is 18.5 Å². The topological polar surface area (TPSA) is 94.1 Å². The zero-order valence-corrected chi connectivity index (χ0v) is 14.5. The smallest absolute Gasteiger partial charge is 0.252 e. The number of nitrogens with zero attached hydrogens (tertiary/aromatic N) is 1. The second-order valence-electron chi connectivity index (χ2n) is 6.04. The first-order chi connectivity index (χ1) is 11.3. The number of carbonyl (C=O) groups is 1. The van der Waals surface area contributed by atoms with E-state index in [4.69, 9.17) is 9.84 Å². The molecule has 2 aliphatic heterocycles. The van der Waals surface area contributed by atoms with Crippen molar-refractivity contribution in [2.24, 2.45) is 0 Å². The van der Waals surface area contributed by atoms with Gasteiger partial charge in [-0.15, -0.1) is 12.6 Å². The molecule has 1 amide bonds. The van der Waals surface area contributed by atoms with Crippen LogP contribution in [0.15, 0.2) is 23.4 Å². The lowest BCUT2D eigenvalue weighted by Gasteiger charge is -2.37. The number of hydrogen-bond donors (Lipinski definition) is 5. The fraction of sp³-hybridized carbons (Fsp3) is 0.667. The molecular weight excluding hydrogens is 337 g/mol. The lowest BCUT2D eigenvalue weighted by molar-refractivity contribution is -0.122. The first-order valence-electron chi connectivity index (χ1n) is 7.74. The van der Waals surface area contributed by atoms with Gasteiger partial charge in [-0.3, -0.25) is 4.79 Å². The zero-order chi connectivity index (χ0) is 17.9. The van der Waals surface area contributed by atoms with Gasteiger partial charge in [0.15, 0.2) is 12.4 Å². The van der Waals surface area contributed by atoms with Gasteiger partial charge in [0.05, 0.1) is 6.61 Å². The van der Waals surface area contributed by atoms with Crippen molar-refractivity contribution in [2.45, 2.75) is 44.0 Å². The largest absolute Gasteiger partial charge is 0.394 e.